The number of nitrogens with zero attached hydrogens (tertiary/aromatic N) is 7. The smallest absolute Gasteiger partial charge is 0.245 e. The predicted octanol–water partition coefficient (Wildman–Crippen LogP) is 3.54. The largest absolute Gasteiger partial charge is 0.507 e. The molecule has 4 aromatic rings. The predicted molar refractivity (Wildman–Crippen MR) is 137 cm³/mol. The number of pyridine rings is 1. The molecule has 4 heterocycles. The quantitative estimate of drug-likeness (QED) is 0.436. The van der Waals surface area contributed by atoms with E-state index in [1.54, 1.807) is 16.8 Å². The van der Waals surface area contributed by atoms with Gasteiger partial charge in [-0.2, -0.15) is 5.10 Å². The van der Waals surface area contributed by atoms with Crippen LogP contribution in [0.2, 0.25) is 0 Å². The first-order valence-electron chi connectivity index (χ1n) is 10.8. The van der Waals surface area contributed by atoms with Crippen molar-refractivity contribution in [2.75, 3.05) is 24.5 Å². The van der Waals surface area contributed by atoms with Crippen LogP contribution in [-0.2, 0) is 0 Å². The van der Waals surface area contributed by atoms with Crippen molar-refractivity contribution in [3.8, 4) is 28.1 Å². The maximum Gasteiger partial charge on any atom is 0.245 e. The number of aryl methyl sites for hydroxylation is 1. The van der Waals surface area contributed by atoms with Gasteiger partial charge in [0, 0.05) is 43.0 Å². The molecule has 180 valence electrons. The van der Waals surface area contributed by atoms with Crippen molar-refractivity contribution in [3.05, 3.63) is 48.5 Å². The van der Waals surface area contributed by atoms with Gasteiger partial charge in [-0.05, 0) is 42.7 Å². The number of nitrogens with one attached hydrogen (secondary N) is 1. The number of hydrogen-bond donors (Lipinski definition) is 2. The molecule has 11 heteroatoms. The Morgan fingerprint density at radius 2 is 1.88 bits per heavy atom. The summed E-state index contributed by atoms with van der Waals surface area (Å²) in [6, 6.07) is 9.79. The zero-order valence-electron chi connectivity index (χ0n) is 19.2. The second-order valence-electron chi connectivity index (χ2n) is 8.51. The van der Waals surface area contributed by atoms with Crippen molar-refractivity contribution in [3.63, 3.8) is 0 Å². The lowest BCUT2D eigenvalue weighted by molar-refractivity contribution is 0.365. The first-order valence-corrected chi connectivity index (χ1v) is 10.8. The molecule has 34 heavy (non-hydrogen) atoms. The third-order valence-electron chi connectivity index (χ3n) is 5.89. The van der Waals surface area contributed by atoms with Crippen LogP contribution >= 0.6 is 24.8 Å². The number of fused-ring (bicyclic) bond motifs is 1. The molecule has 1 aliphatic heterocycles. The Morgan fingerprint density at radius 1 is 1.09 bits per heavy atom. The number of phenolic OH excluding ortho intramolecular Hbond substituents is 1. The molecule has 0 aliphatic carbocycles. The first-order chi connectivity index (χ1) is 15.5. The van der Waals surface area contributed by atoms with E-state index in [0.717, 1.165) is 42.2 Å². The summed E-state index contributed by atoms with van der Waals surface area (Å²) in [5.41, 5.74) is 3.73. The summed E-state index contributed by atoms with van der Waals surface area (Å²) in [7, 11) is 0. The molecular formula is C23H28Cl2N8O. The van der Waals surface area contributed by atoms with E-state index < -0.39 is 0 Å². The molecule has 0 amide bonds. The van der Waals surface area contributed by atoms with Crippen LogP contribution in [0.25, 0.3) is 28.0 Å². The molecule has 0 unspecified atom stereocenters. The van der Waals surface area contributed by atoms with Crippen LogP contribution in [0.1, 0.15) is 19.7 Å². The molecule has 1 aromatic carbocycles. The Bertz CT molecular complexity index is 1260. The summed E-state index contributed by atoms with van der Waals surface area (Å²) in [5.74, 6) is 2.00. The van der Waals surface area contributed by atoms with Gasteiger partial charge in [0.2, 0.25) is 5.95 Å². The van der Waals surface area contributed by atoms with Crippen molar-refractivity contribution >= 4 is 36.4 Å². The van der Waals surface area contributed by atoms with Crippen LogP contribution in [0.15, 0.2) is 42.7 Å². The first kappa shape index (κ1) is 25.6. The average Bonchev–Trinajstić information content (AvgIpc) is 3.18. The molecule has 3 aromatic heterocycles. The van der Waals surface area contributed by atoms with Crippen LogP contribution in [0, 0.1) is 12.8 Å². The van der Waals surface area contributed by atoms with Crippen molar-refractivity contribution < 1.29 is 5.11 Å². The highest BCUT2D eigenvalue weighted by atomic mass is 35.5. The molecule has 0 radical (unpaired) electrons. The van der Waals surface area contributed by atoms with E-state index in [2.05, 4.69) is 49.3 Å². The van der Waals surface area contributed by atoms with Gasteiger partial charge in [-0.25, -0.2) is 14.5 Å². The fourth-order valence-corrected chi connectivity index (χ4v) is 4.04. The minimum absolute atomic E-state index is 0. The summed E-state index contributed by atoms with van der Waals surface area (Å²) in [4.78, 5) is 11.0. The lowest BCUT2D eigenvalue weighted by atomic mass is 10.0. The van der Waals surface area contributed by atoms with Gasteiger partial charge < -0.3 is 15.3 Å². The number of phenols is 1. The molecule has 5 rings (SSSR count). The van der Waals surface area contributed by atoms with Gasteiger partial charge in [-0.1, -0.05) is 19.9 Å². The summed E-state index contributed by atoms with van der Waals surface area (Å²) in [5, 5.41) is 27.3. The second-order valence-corrected chi connectivity index (χ2v) is 8.51. The minimum atomic E-state index is 0. The molecule has 2 N–H and O–H groups in total. The van der Waals surface area contributed by atoms with E-state index in [4.69, 9.17) is 0 Å². The third-order valence-corrected chi connectivity index (χ3v) is 5.89. The fourth-order valence-electron chi connectivity index (χ4n) is 4.04. The van der Waals surface area contributed by atoms with Crippen molar-refractivity contribution in [1.82, 2.24) is 35.1 Å². The SMILES string of the molecule is Cc1nc2ccc(-c3ccc(-c4cnc(N5CCN[C@@H](C(C)C)C5)nn4)c(O)c3)cn2n1.Cl.Cl. The van der Waals surface area contributed by atoms with E-state index in [1.807, 2.05) is 37.4 Å². The van der Waals surface area contributed by atoms with Gasteiger partial charge in [-0.15, -0.1) is 35.0 Å². The van der Waals surface area contributed by atoms with Crippen LogP contribution in [0.5, 0.6) is 5.75 Å². The number of hydrogen-bond acceptors (Lipinski definition) is 8. The van der Waals surface area contributed by atoms with E-state index >= 15 is 0 Å². The molecule has 1 saturated heterocycles. The molecular weight excluding hydrogens is 475 g/mol. The summed E-state index contributed by atoms with van der Waals surface area (Å²) in [6.45, 7) is 8.88. The van der Waals surface area contributed by atoms with Crippen LogP contribution in [-0.4, -0.2) is 60.6 Å². The highest BCUT2D eigenvalue weighted by Gasteiger charge is 2.23. The maximum atomic E-state index is 10.7. The van der Waals surface area contributed by atoms with Crippen LogP contribution < -0.4 is 10.2 Å². The topological polar surface area (TPSA) is 104 Å². The minimum Gasteiger partial charge on any atom is -0.507 e. The molecule has 1 atom stereocenters. The number of benzene rings is 1. The summed E-state index contributed by atoms with van der Waals surface area (Å²) < 4.78 is 1.74. The van der Waals surface area contributed by atoms with Crippen molar-refractivity contribution in [2.24, 2.45) is 5.92 Å². The Kier molecular flexibility index (Phi) is 7.91. The van der Waals surface area contributed by atoms with Gasteiger partial charge in [-0.3, -0.25) is 0 Å². The number of aromatic nitrogens is 6. The lowest BCUT2D eigenvalue weighted by Crippen LogP contribution is -2.53. The van der Waals surface area contributed by atoms with Gasteiger partial charge in [0.25, 0.3) is 0 Å². The fraction of sp³-hybridized carbons (Fsp3) is 0.348. The highest BCUT2D eigenvalue weighted by molar-refractivity contribution is 5.85. The average molecular weight is 503 g/mol. The number of anilines is 1. The second kappa shape index (κ2) is 10.5. The van der Waals surface area contributed by atoms with E-state index in [9.17, 15) is 5.11 Å². The van der Waals surface area contributed by atoms with Crippen molar-refractivity contribution in [1.29, 1.82) is 0 Å². The van der Waals surface area contributed by atoms with Crippen LogP contribution in [0.3, 0.4) is 0 Å². The molecule has 0 spiro atoms. The van der Waals surface area contributed by atoms with Gasteiger partial charge >= 0.3 is 0 Å². The highest BCUT2D eigenvalue weighted by Crippen LogP contribution is 2.32. The maximum absolute atomic E-state index is 10.7. The van der Waals surface area contributed by atoms with E-state index in [-0.39, 0.29) is 30.6 Å². The van der Waals surface area contributed by atoms with E-state index in [1.165, 1.54) is 0 Å². The van der Waals surface area contributed by atoms with Gasteiger partial charge in [0.15, 0.2) is 5.65 Å². The Labute approximate surface area is 210 Å². The van der Waals surface area contributed by atoms with Crippen molar-refractivity contribution in [2.45, 2.75) is 26.8 Å². The Balaban J connectivity index is 0.00000162. The summed E-state index contributed by atoms with van der Waals surface area (Å²) in [6.07, 6.45) is 3.57. The van der Waals surface area contributed by atoms with Gasteiger partial charge in [0.05, 0.1) is 6.20 Å². The Hall–Kier alpha value is -3.01. The molecule has 0 saturated carbocycles. The molecule has 0 bridgehead atoms. The zero-order chi connectivity index (χ0) is 22.2. The monoisotopic (exact) mass is 502 g/mol. The summed E-state index contributed by atoms with van der Waals surface area (Å²) >= 11 is 0. The standard InChI is InChI=1S/C23H26N8O.2ClH/c1-14(2)20-13-30(9-8-24-20)23-25-11-19(27-28-23)18-6-4-16(10-21(18)32)17-5-7-22-26-15(3)29-31(22)12-17;;/h4-7,10-12,14,20,24,32H,8-9,13H2,1-3H3;2*1H/t20-;;/m1../s1. The molecule has 9 nitrogen and oxygen atoms in total. The normalized spacial score (nSPS) is 15.8. The number of aromatic hydroxyl groups is 1. The lowest BCUT2D eigenvalue weighted by Gasteiger charge is -2.35. The van der Waals surface area contributed by atoms with E-state index in [0.29, 0.717) is 29.2 Å². The number of rotatable bonds is 4. The van der Waals surface area contributed by atoms with Gasteiger partial charge in [0.1, 0.15) is 17.3 Å². The Morgan fingerprint density at radius 3 is 2.59 bits per heavy atom. The number of halogens is 2. The van der Waals surface area contributed by atoms with Crippen LogP contribution in [0.4, 0.5) is 5.95 Å². The molecule has 1 aliphatic rings. The zero-order valence-corrected chi connectivity index (χ0v) is 20.8. The third kappa shape index (κ3) is 5.06. The number of piperazine rings is 1. The molecule has 1 fully saturated rings.